The van der Waals surface area contributed by atoms with E-state index in [9.17, 15) is 9.59 Å². The molecule has 3 aromatic carbocycles. The Labute approximate surface area is 151 Å². The molecule has 0 fully saturated rings. The quantitative estimate of drug-likeness (QED) is 0.671. The highest BCUT2D eigenvalue weighted by molar-refractivity contribution is 6.11. The second-order valence-electron chi connectivity index (χ2n) is 5.88. The summed E-state index contributed by atoms with van der Waals surface area (Å²) >= 11 is 0. The summed E-state index contributed by atoms with van der Waals surface area (Å²) in [4.78, 5) is 24.6. The van der Waals surface area contributed by atoms with Gasteiger partial charge in [-0.1, -0.05) is 30.3 Å². The van der Waals surface area contributed by atoms with Gasteiger partial charge in [0.2, 0.25) is 0 Å². The monoisotopic (exact) mass is 348 g/mol. The maximum Gasteiger partial charge on any atom is 0.251 e. The number of carbonyl (C=O) groups is 2. The average molecular weight is 348 g/mol. The van der Waals surface area contributed by atoms with Crippen LogP contribution in [0.25, 0.3) is 10.8 Å². The number of amides is 1. The van der Waals surface area contributed by atoms with Gasteiger partial charge in [-0.15, -0.1) is 0 Å². The minimum Gasteiger partial charge on any atom is -0.497 e. The molecule has 0 aliphatic rings. The Morgan fingerprint density at radius 1 is 0.885 bits per heavy atom. The van der Waals surface area contributed by atoms with E-state index in [4.69, 9.17) is 10.5 Å². The molecule has 0 aromatic heterocycles. The first kappa shape index (κ1) is 17.6. The topological polar surface area (TPSA) is 81.4 Å². The molecule has 0 unspecified atom stereocenters. The summed E-state index contributed by atoms with van der Waals surface area (Å²) < 4.78 is 5.22. The van der Waals surface area contributed by atoms with Crippen LogP contribution in [0.3, 0.4) is 0 Å². The fraction of sp³-hybridized carbons (Fsp3) is 0.143. The number of fused-ring (bicyclic) bond motifs is 1. The van der Waals surface area contributed by atoms with E-state index >= 15 is 0 Å². The summed E-state index contributed by atoms with van der Waals surface area (Å²) in [6, 6.07) is 17.9. The second kappa shape index (κ2) is 7.80. The Morgan fingerprint density at radius 3 is 2.19 bits per heavy atom. The van der Waals surface area contributed by atoms with Crippen LogP contribution in [0.15, 0.2) is 60.7 Å². The van der Waals surface area contributed by atoms with E-state index in [1.54, 1.807) is 37.4 Å². The number of hydrogen-bond donors (Lipinski definition) is 2. The zero-order valence-corrected chi connectivity index (χ0v) is 14.5. The third kappa shape index (κ3) is 3.73. The lowest BCUT2D eigenvalue weighted by molar-refractivity contribution is 0.0953. The largest absolute Gasteiger partial charge is 0.497 e. The van der Waals surface area contributed by atoms with E-state index < -0.39 is 0 Å². The molecule has 0 heterocycles. The SMILES string of the molecule is COc1ccc2cc(C(=O)c3ccc(C(=O)NCCN)cc3)ccc2c1. The molecular weight excluding hydrogens is 328 g/mol. The molecule has 132 valence electrons. The van der Waals surface area contributed by atoms with Crippen LogP contribution in [-0.4, -0.2) is 31.9 Å². The number of nitrogens with one attached hydrogen (secondary N) is 1. The molecule has 0 bridgehead atoms. The molecule has 26 heavy (non-hydrogen) atoms. The number of carbonyl (C=O) groups excluding carboxylic acids is 2. The van der Waals surface area contributed by atoms with Crippen LogP contribution in [0.5, 0.6) is 5.75 Å². The van der Waals surface area contributed by atoms with Crippen LogP contribution in [-0.2, 0) is 0 Å². The van der Waals surface area contributed by atoms with Gasteiger partial charge < -0.3 is 15.8 Å². The third-order valence-corrected chi connectivity index (χ3v) is 4.15. The first-order chi connectivity index (χ1) is 12.6. The molecule has 0 spiro atoms. The standard InChI is InChI=1S/C21H20N2O3/c1-26-19-9-8-16-12-18(7-6-17(16)13-19)20(24)14-2-4-15(5-3-14)21(25)23-11-10-22/h2-9,12-13H,10-11,22H2,1H3,(H,23,25). The van der Waals surface area contributed by atoms with E-state index in [-0.39, 0.29) is 11.7 Å². The van der Waals surface area contributed by atoms with Crippen LogP contribution in [0.1, 0.15) is 26.3 Å². The molecular formula is C21H20N2O3. The Kier molecular flexibility index (Phi) is 5.29. The van der Waals surface area contributed by atoms with Crippen molar-refractivity contribution < 1.29 is 14.3 Å². The molecule has 3 N–H and O–H groups in total. The van der Waals surface area contributed by atoms with Gasteiger partial charge in [-0.3, -0.25) is 9.59 Å². The number of methoxy groups -OCH3 is 1. The maximum atomic E-state index is 12.7. The van der Waals surface area contributed by atoms with Crippen LogP contribution in [0.4, 0.5) is 0 Å². The van der Waals surface area contributed by atoms with Gasteiger partial charge in [0, 0.05) is 29.8 Å². The van der Waals surface area contributed by atoms with Gasteiger partial charge in [-0.2, -0.15) is 0 Å². The minimum absolute atomic E-state index is 0.0864. The highest BCUT2D eigenvalue weighted by Gasteiger charge is 2.11. The number of rotatable bonds is 6. The van der Waals surface area contributed by atoms with Gasteiger partial charge in [-0.25, -0.2) is 0 Å². The van der Waals surface area contributed by atoms with Crippen molar-refractivity contribution in [3.8, 4) is 5.75 Å². The predicted octanol–water partition coefficient (Wildman–Crippen LogP) is 2.77. The van der Waals surface area contributed by atoms with Gasteiger partial charge in [0.05, 0.1) is 7.11 Å². The van der Waals surface area contributed by atoms with Crippen molar-refractivity contribution in [2.75, 3.05) is 20.2 Å². The van der Waals surface area contributed by atoms with Crippen molar-refractivity contribution in [3.05, 3.63) is 77.4 Å². The molecule has 3 aromatic rings. The van der Waals surface area contributed by atoms with Crippen molar-refractivity contribution >= 4 is 22.5 Å². The van der Waals surface area contributed by atoms with Crippen molar-refractivity contribution in [2.45, 2.75) is 0 Å². The number of benzene rings is 3. The van der Waals surface area contributed by atoms with Crippen molar-refractivity contribution in [1.82, 2.24) is 5.32 Å². The lowest BCUT2D eigenvalue weighted by atomic mass is 9.99. The highest BCUT2D eigenvalue weighted by atomic mass is 16.5. The lowest BCUT2D eigenvalue weighted by Crippen LogP contribution is -2.28. The predicted molar refractivity (Wildman–Crippen MR) is 102 cm³/mol. The molecule has 5 heteroatoms. The number of ether oxygens (including phenoxy) is 1. The van der Waals surface area contributed by atoms with Crippen LogP contribution >= 0.6 is 0 Å². The molecule has 0 aliphatic carbocycles. The van der Waals surface area contributed by atoms with Gasteiger partial charge in [-0.05, 0) is 41.1 Å². The fourth-order valence-corrected chi connectivity index (χ4v) is 2.72. The van der Waals surface area contributed by atoms with Gasteiger partial charge in [0.1, 0.15) is 5.75 Å². The van der Waals surface area contributed by atoms with E-state index in [0.717, 1.165) is 16.5 Å². The molecule has 3 rings (SSSR count). The molecule has 1 amide bonds. The first-order valence-electron chi connectivity index (χ1n) is 8.33. The molecule has 0 saturated heterocycles. The minimum atomic E-state index is -0.200. The van der Waals surface area contributed by atoms with Crippen LogP contribution < -0.4 is 15.8 Å². The van der Waals surface area contributed by atoms with Crippen molar-refractivity contribution in [1.29, 1.82) is 0 Å². The summed E-state index contributed by atoms with van der Waals surface area (Å²) in [5.41, 5.74) is 7.01. The Hall–Kier alpha value is -3.18. The Balaban J connectivity index is 1.82. The summed E-state index contributed by atoms with van der Waals surface area (Å²) in [7, 11) is 1.62. The number of nitrogens with two attached hydrogens (primary N) is 1. The van der Waals surface area contributed by atoms with E-state index in [0.29, 0.717) is 29.8 Å². The Bertz CT molecular complexity index is 949. The maximum absolute atomic E-state index is 12.7. The third-order valence-electron chi connectivity index (χ3n) is 4.15. The number of ketones is 1. The molecule has 0 atom stereocenters. The summed E-state index contributed by atoms with van der Waals surface area (Å²) in [6.07, 6.45) is 0. The van der Waals surface area contributed by atoms with Gasteiger partial charge in [0.15, 0.2) is 5.78 Å². The lowest BCUT2D eigenvalue weighted by Gasteiger charge is -2.07. The normalized spacial score (nSPS) is 10.5. The summed E-state index contributed by atoms with van der Waals surface area (Å²) in [5.74, 6) is 0.491. The van der Waals surface area contributed by atoms with Gasteiger partial charge >= 0.3 is 0 Å². The van der Waals surface area contributed by atoms with E-state index in [2.05, 4.69) is 5.32 Å². The highest BCUT2D eigenvalue weighted by Crippen LogP contribution is 2.23. The summed E-state index contributed by atoms with van der Waals surface area (Å²) in [6.45, 7) is 0.803. The molecule has 0 saturated carbocycles. The number of hydrogen-bond acceptors (Lipinski definition) is 4. The van der Waals surface area contributed by atoms with Crippen molar-refractivity contribution in [2.24, 2.45) is 5.73 Å². The zero-order valence-electron chi connectivity index (χ0n) is 14.5. The average Bonchev–Trinajstić information content (AvgIpc) is 2.70. The van der Waals surface area contributed by atoms with Crippen molar-refractivity contribution in [3.63, 3.8) is 0 Å². The van der Waals surface area contributed by atoms with E-state index in [1.165, 1.54) is 0 Å². The molecule has 5 nitrogen and oxygen atoms in total. The van der Waals surface area contributed by atoms with Gasteiger partial charge in [0.25, 0.3) is 5.91 Å². The smallest absolute Gasteiger partial charge is 0.251 e. The zero-order chi connectivity index (χ0) is 18.5. The fourth-order valence-electron chi connectivity index (χ4n) is 2.72. The molecule has 0 aliphatic heterocycles. The second-order valence-corrected chi connectivity index (χ2v) is 5.88. The van der Waals surface area contributed by atoms with E-state index in [1.807, 2.05) is 30.3 Å². The summed E-state index contributed by atoms with van der Waals surface area (Å²) in [5, 5.41) is 4.67. The first-order valence-corrected chi connectivity index (χ1v) is 8.33. The Morgan fingerprint density at radius 2 is 1.50 bits per heavy atom. The van der Waals surface area contributed by atoms with Crippen LogP contribution in [0, 0.1) is 0 Å². The van der Waals surface area contributed by atoms with Crippen LogP contribution in [0.2, 0.25) is 0 Å². The molecule has 0 radical (unpaired) electrons.